The van der Waals surface area contributed by atoms with Crippen molar-refractivity contribution < 1.29 is 39.8 Å². The lowest BCUT2D eigenvalue weighted by Gasteiger charge is -2.22. The summed E-state index contributed by atoms with van der Waals surface area (Å²) in [7, 11) is -5.20. The van der Waals surface area contributed by atoms with E-state index in [9.17, 15) is 35.3 Å². The van der Waals surface area contributed by atoms with Crippen LogP contribution in [0, 0.1) is 5.82 Å². The lowest BCUT2D eigenvalue weighted by Crippen LogP contribution is -2.24. The molecule has 0 atom stereocenters. The Morgan fingerprint density at radius 3 is 1.80 bits per heavy atom. The second-order valence-corrected chi connectivity index (χ2v) is 6.33. The third kappa shape index (κ3) is 5.81. The molecule has 0 aliphatic heterocycles. The SMILES string of the molecule is O=P(CC(F)(F)F)(CC(F)(F)F)Oc1ccccc1F. The molecule has 1 aromatic carbocycles. The number of rotatable bonds is 4. The van der Waals surface area contributed by atoms with Crippen molar-refractivity contribution in [3.8, 4) is 5.75 Å². The van der Waals surface area contributed by atoms with Gasteiger partial charge in [0, 0.05) is 0 Å². The number of halogens is 7. The Kier molecular flexibility index (Phi) is 4.74. The topological polar surface area (TPSA) is 26.3 Å². The molecule has 0 spiro atoms. The summed E-state index contributed by atoms with van der Waals surface area (Å²) in [5.41, 5.74) is 0. The van der Waals surface area contributed by atoms with Crippen molar-refractivity contribution in [2.24, 2.45) is 0 Å². The number of hydrogen-bond acceptors (Lipinski definition) is 2. The van der Waals surface area contributed by atoms with Crippen LogP contribution in [0.3, 0.4) is 0 Å². The molecule has 0 aliphatic rings. The maximum atomic E-state index is 13.2. The predicted octanol–water partition coefficient (Wildman–Crippen LogP) is 4.61. The van der Waals surface area contributed by atoms with Gasteiger partial charge in [-0.2, -0.15) is 26.3 Å². The van der Waals surface area contributed by atoms with Gasteiger partial charge < -0.3 is 4.52 Å². The summed E-state index contributed by atoms with van der Waals surface area (Å²) in [4.78, 5) is 0. The van der Waals surface area contributed by atoms with Gasteiger partial charge in [0.15, 0.2) is 11.6 Å². The predicted molar refractivity (Wildman–Crippen MR) is 56.5 cm³/mol. The molecule has 0 fully saturated rings. The van der Waals surface area contributed by atoms with Crippen LogP contribution in [0.25, 0.3) is 0 Å². The van der Waals surface area contributed by atoms with E-state index in [-0.39, 0.29) is 0 Å². The van der Waals surface area contributed by atoms with Crippen molar-refractivity contribution >= 4 is 7.37 Å². The van der Waals surface area contributed by atoms with Crippen LogP contribution in [-0.4, -0.2) is 24.7 Å². The molecule has 1 rings (SSSR count). The fourth-order valence-corrected chi connectivity index (χ4v) is 3.20. The molecule has 0 radical (unpaired) electrons. The lowest BCUT2D eigenvalue weighted by molar-refractivity contribution is -0.114. The first-order chi connectivity index (χ1) is 8.90. The first-order valence-corrected chi connectivity index (χ1v) is 7.05. The second kappa shape index (κ2) is 5.63. The van der Waals surface area contributed by atoms with Gasteiger partial charge in [-0.1, -0.05) is 12.1 Å². The van der Waals surface area contributed by atoms with E-state index in [1.165, 1.54) is 0 Å². The highest BCUT2D eigenvalue weighted by molar-refractivity contribution is 7.59. The van der Waals surface area contributed by atoms with Crippen molar-refractivity contribution in [2.75, 3.05) is 12.3 Å². The van der Waals surface area contributed by atoms with Crippen LogP contribution in [-0.2, 0) is 4.57 Å². The fraction of sp³-hybridized carbons (Fsp3) is 0.400. The van der Waals surface area contributed by atoms with Crippen molar-refractivity contribution in [3.05, 3.63) is 30.1 Å². The zero-order valence-corrected chi connectivity index (χ0v) is 10.5. The summed E-state index contributed by atoms with van der Waals surface area (Å²) in [5.74, 6) is -2.11. The standard InChI is InChI=1S/C10H8F7O2P/c11-7-3-1-2-4-8(7)19-20(18,5-9(12,13)14)6-10(15,16)17/h1-4H,5-6H2. The van der Waals surface area contributed by atoms with Gasteiger partial charge in [0.2, 0.25) is 0 Å². The van der Waals surface area contributed by atoms with Crippen LogP contribution in [0.2, 0.25) is 0 Å². The van der Waals surface area contributed by atoms with Crippen LogP contribution in [0.1, 0.15) is 0 Å². The van der Waals surface area contributed by atoms with Crippen molar-refractivity contribution in [1.29, 1.82) is 0 Å². The zero-order chi connectivity index (χ0) is 15.6. The molecule has 0 aromatic heterocycles. The van der Waals surface area contributed by atoms with Crippen molar-refractivity contribution in [3.63, 3.8) is 0 Å². The molecule has 2 nitrogen and oxygen atoms in total. The van der Waals surface area contributed by atoms with E-state index < -0.39 is 43.6 Å². The summed E-state index contributed by atoms with van der Waals surface area (Å²) in [6.07, 6.45) is -14.8. The van der Waals surface area contributed by atoms with Crippen LogP contribution < -0.4 is 4.52 Å². The van der Waals surface area contributed by atoms with Gasteiger partial charge in [-0.05, 0) is 12.1 Å². The molecule has 0 bridgehead atoms. The van der Waals surface area contributed by atoms with E-state index in [1.807, 2.05) is 0 Å². The molecular formula is C10H8F7O2P. The van der Waals surface area contributed by atoms with E-state index >= 15 is 0 Å². The van der Waals surface area contributed by atoms with Gasteiger partial charge in [-0.15, -0.1) is 0 Å². The molecule has 1 aromatic rings. The molecule has 0 saturated carbocycles. The van der Waals surface area contributed by atoms with E-state index in [0.29, 0.717) is 0 Å². The smallest absolute Gasteiger partial charge is 0.399 e. The Bertz CT molecular complexity index is 489. The monoisotopic (exact) mass is 324 g/mol. The van der Waals surface area contributed by atoms with Crippen molar-refractivity contribution in [2.45, 2.75) is 12.4 Å². The number of benzene rings is 1. The maximum Gasteiger partial charge on any atom is 0.399 e. The van der Waals surface area contributed by atoms with E-state index in [0.717, 1.165) is 24.3 Å². The average Bonchev–Trinajstić information content (AvgIpc) is 2.15. The highest BCUT2D eigenvalue weighted by Crippen LogP contribution is 2.54. The lowest BCUT2D eigenvalue weighted by atomic mass is 10.3. The Morgan fingerprint density at radius 1 is 0.950 bits per heavy atom. The van der Waals surface area contributed by atoms with Crippen LogP contribution in [0.4, 0.5) is 30.7 Å². The largest absolute Gasteiger partial charge is 0.439 e. The molecule has 20 heavy (non-hydrogen) atoms. The number of para-hydroxylation sites is 1. The van der Waals surface area contributed by atoms with Gasteiger partial charge in [0.05, 0.1) is 0 Å². The van der Waals surface area contributed by atoms with Gasteiger partial charge in [-0.3, -0.25) is 4.57 Å². The third-order valence-electron chi connectivity index (χ3n) is 1.94. The Morgan fingerprint density at radius 2 is 1.40 bits per heavy atom. The minimum atomic E-state index is -5.20. The third-order valence-corrected chi connectivity index (χ3v) is 4.15. The van der Waals surface area contributed by atoms with E-state index in [2.05, 4.69) is 4.52 Å². The van der Waals surface area contributed by atoms with Crippen LogP contribution in [0.5, 0.6) is 5.75 Å². The molecule has 10 heteroatoms. The first-order valence-electron chi connectivity index (χ1n) is 5.06. The molecule has 0 N–H and O–H groups in total. The summed E-state index contributed by atoms with van der Waals surface area (Å²) >= 11 is 0. The molecule has 0 saturated heterocycles. The molecular weight excluding hydrogens is 316 g/mol. The van der Waals surface area contributed by atoms with Crippen molar-refractivity contribution in [1.82, 2.24) is 0 Å². The van der Waals surface area contributed by atoms with Gasteiger partial charge in [0.25, 0.3) is 7.37 Å². The Hall–Kier alpha value is -1.24. The van der Waals surface area contributed by atoms with Gasteiger partial charge in [-0.25, -0.2) is 4.39 Å². The highest BCUT2D eigenvalue weighted by atomic mass is 31.2. The highest BCUT2D eigenvalue weighted by Gasteiger charge is 2.48. The molecule has 0 heterocycles. The maximum absolute atomic E-state index is 13.2. The Labute approximate surface area is 109 Å². The van der Waals surface area contributed by atoms with E-state index in [1.54, 1.807) is 0 Å². The van der Waals surface area contributed by atoms with E-state index in [4.69, 9.17) is 0 Å². The fourth-order valence-electron chi connectivity index (χ4n) is 1.36. The molecule has 0 aliphatic carbocycles. The Balaban J connectivity index is 3.06. The first kappa shape index (κ1) is 16.8. The second-order valence-electron chi connectivity index (χ2n) is 3.88. The molecule has 114 valence electrons. The minimum absolute atomic E-state index is 0.765. The minimum Gasteiger partial charge on any atom is -0.439 e. The van der Waals surface area contributed by atoms with Gasteiger partial charge in [0.1, 0.15) is 12.3 Å². The van der Waals surface area contributed by atoms with Crippen LogP contribution >= 0.6 is 7.37 Å². The average molecular weight is 324 g/mol. The number of hydrogen-bond donors (Lipinski definition) is 0. The normalized spacial score (nSPS) is 13.3. The summed E-state index contributed by atoms with van der Waals surface area (Å²) in [6, 6.07) is 3.85. The summed E-state index contributed by atoms with van der Waals surface area (Å²) in [5, 5.41) is 0. The zero-order valence-electron chi connectivity index (χ0n) is 9.63. The van der Waals surface area contributed by atoms with Crippen LogP contribution in [0.15, 0.2) is 24.3 Å². The van der Waals surface area contributed by atoms with Gasteiger partial charge >= 0.3 is 12.4 Å². The quantitative estimate of drug-likeness (QED) is 0.597. The summed E-state index contributed by atoms with van der Waals surface area (Å²) in [6.45, 7) is 0. The molecule has 0 amide bonds. The number of alkyl halides is 6. The summed E-state index contributed by atoms with van der Waals surface area (Å²) < 4.78 is 102. The molecule has 0 unspecified atom stereocenters.